The van der Waals surface area contributed by atoms with Crippen molar-refractivity contribution in [3.05, 3.63) is 125 Å². The van der Waals surface area contributed by atoms with Gasteiger partial charge in [-0.3, -0.25) is 0 Å². The van der Waals surface area contributed by atoms with Gasteiger partial charge >= 0.3 is 6.03 Å². The minimum atomic E-state index is -1.22. The molecule has 10 heteroatoms. The van der Waals surface area contributed by atoms with Crippen LogP contribution in [0.15, 0.2) is 77.4 Å². The van der Waals surface area contributed by atoms with E-state index >= 15 is 0 Å². The number of oxazole rings is 1. The number of quaternary nitrogens is 1. The number of nitrogens with zero attached hydrogens (tertiary/aromatic N) is 2. The summed E-state index contributed by atoms with van der Waals surface area (Å²) < 4.78 is 62.6. The Morgan fingerprint density at radius 3 is 2.31 bits per heavy atom. The number of carbonyl (C=O) groups excluding carboxylic acids is 1. The Bertz CT molecular complexity index is 1490. The Morgan fingerprint density at radius 1 is 0.949 bits per heavy atom. The van der Waals surface area contributed by atoms with Gasteiger partial charge in [-0.2, -0.15) is 0 Å². The minimum absolute atomic E-state index is 0.0794. The first-order valence-corrected chi connectivity index (χ1v) is 12.6. The lowest BCUT2D eigenvalue weighted by Gasteiger charge is -2.42. The third-order valence-corrected chi connectivity index (χ3v) is 7.54. The number of aromatic nitrogens is 1. The Labute approximate surface area is 221 Å². The SMILES string of the molecule is O=C1NC2C(C[NH2+]CC2(c2cc(F)cc(F)c2)c2nc(Cc3cc(F)cc(F)c3)co2)N1Cc1ccccc1. The predicted octanol–water partition coefficient (Wildman–Crippen LogP) is 3.65. The molecule has 2 amide bonds. The summed E-state index contributed by atoms with van der Waals surface area (Å²) in [6.45, 7) is 1.22. The molecule has 6 nitrogen and oxygen atoms in total. The number of nitrogens with two attached hydrogens (primary N) is 1. The highest BCUT2D eigenvalue weighted by Crippen LogP contribution is 2.41. The summed E-state index contributed by atoms with van der Waals surface area (Å²) in [5.74, 6) is -2.79. The number of rotatable bonds is 6. The summed E-state index contributed by atoms with van der Waals surface area (Å²) in [4.78, 5) is 19.6. The number of urea groups is 1. The highest BCUT2D eigenvalue weighted by atomic mass is 19.1. The topological polar surface area (TPSA) is 75.0 Å². The zero-order chi connectivity index (χ0) is 27.1. The van der Waals surface area contributed by atoms with Crippen molar-refractivity contribution in [2.75, 3.05) is 13.1 Å². The Morgan fingerprint density at radius 2 is 1.62 bits per heavy atom. The number of fused-ring (bicyclic) bond motifs is 1. The van der Waals surface area contributed by atoms with Crippen LogP contribution in [0.3, 0.4) is 0 Å². The molecule has 2 saturated heterocycles. The highest BCUT2D eigenvalue weighted by Gasteiger charge is 2.60. The number of nitrogens with one attached hydrogen (secondary N) is 1. The largest absolute Gasteiger partial charge is 0.447 e. The smallest absolute Gasteiger partial charge is 0.318 e. The van der Waals surface area contributed by atoms with E-state index in [9.17, 15) is 22.4 Å². The molecule has 0 saturated carbocycles. The number of halogens is 4. The zero-order valence-corrected chi connectivity index (χ0v) is 20.7. The molecule has 3 heterocycles. The second-order valence-corrected chi connectivity index (χ2v) is 10.1. The predicted molar refractivity (Wildman–Crippen MR) is 133 cm³/mol. The van der Waals surface area contributed by atoms with Crippen molar-refractivity contribution in [1.82, 2.24) is 15.2 Å². The molecule has 0 aliphatic carbocycles. The molecule has 3 aromatic carbocycles. The van der Waals surface area contributed by atoms with E-state index in [0.717, 1.165) is 17.7 Å². The molecule has 3 atom stereocenters. The van der Waals surface area contributed by atoms with Gasteiger partial charge in [0.2, 0.25) is 5.89 Å². The van der Waals surface area contributed by atoms with Gasteiger partial charge in [0, 0.05) is 25.1 Å². The molecule has 0 radical (unpaired) electrons. The van der Waals surface area contributed by atoms with Gasteiger partial charge in [-0.15, -0.1) is 0 Å². The van der Waals surface area contributed by atoms with E-state index in [-0.39, 0.29) is 29.9 Å². The summed E-state index contributed by atoms with van der Waals surface area (Å²) in [6.07, 6.45) is 1.45. The van der Waals surface area contributed by atoms with Crippen molar-refractivity contribution < 1.29 is 32.1 Å². The maximum atomic E-state index is 14.6. The fourth-order valence-electron chi connectivity index (χ4n) is 5.90. The van der Waals surface area contributed by atoms with Gasteiger partial charge in [-0.1, -0.05) is 30.3 Å². The molecular weight excluding hydrogens is 512 g/mol. The van der Waals surface area contributed by atoms with Crippen LogP contribution in [-0.4, -0.2) is 41.1 Å². The number of amides is 2. The first-order valence-electron chi connectivity index (χ1n) is 12.6. The van der Waals surface area contributed by atoms with Gasteiger partial charge in [0.05, 0.1) is 24.8 Å². The fraction of sp³-hybridized carbons (Fsp3) is 0.241. The van der Waals surface area contributed by atoms with Crippen LogP contribution in [0, 0.1) is 23.3 Å². The van der Waals surface area contributed by atoms with E-state index in [1.165, 1.54) is 30.5 Å². The normalized spacial score (nSPS) is 22.6. The van der Waals surface area contributed by atoms with Gasteiger partial charge in [-0.25, -0.2) is 27.3 Å². The monoisotopic (exact) mass is 537 g/mol. The van der Waals surface area contributed by atoms with Crippen LogP contribution in [0.4, 0.5) is 22.4 Å². The van der Waals surface area contributed by atoms with Crippen molar-refractivity contribution in [1.29, 1.82) is 0 Å². The first-order chi connectivity index (χ1) is 18.8. The van der Waals surface area contributed by atoms with Crippen molar-refractivity contribution in [2.45, 2.75) is 30.5 Å². The lowest BCUT2D eigenvalue weighted by atomic mass is 9.69. The molecule has 3 unspecified atom stereocenters. The van der Waals surface area contributed by atoms with E-state index in [2.05, 4.69) is 10.3 Å². The maximum absolute atomic E-state index is 14.6. The number of carbonyl (C=O) groups is 1. The number of benzene rings is 3. The molecule has 39 heavy (non-hydrogen) atoms. The summed E-state index contributed by atoms with van der Waals surface area (Å²) in [5, 5.41) is 5.03. The molecule has 200 valence electrons. The van der Waals surface area contributed by atoms with Crippen LogP contribution in [-0.2, 0) is 18.4 Å². The number of piperidine rings is 1. The number of hydrogen-bond donors (Lipinski definition) is 2. The second kappa shape index (κ2) is 9.85. The van der Waals surface area contributed by atoms with Crippen LogP contribution in [0.1, 0.15) is 28.3 Å². The van der Waals surface area contributed by atoms with Crippen LogP contribution >= 0.6 is 0 Å². The summed E-state index contributed by atoms with van der Waals surface area (Å²) in [6, 6.07) is 14.7. The van der Waals surface area contributed by atoms with Crippen LogP contribution in [0.2, 0.25) is 0 Å². The lowest BCUT2D eigenvalue weighted by Crippen LogP contribution is -2.95. The van der Waals surface area contributed by atoms with Crippen LogP contribution < -0.4 is 10.6 Å². The quantitative estimate of drug-likeness (QED) is 0.369. The van der Waals surface area contributed by atoms with Crippen LogP contribution in [0.5, 0.6) is 0 Å². The molecule has 3 N–H and O–H groups in total. The minimum Gasteiger partial charge on any atom is -0.447 e. The van der Waals surface area contributed by atoms with Crippen molar-refractivity contribution in [3.8, 4) is 0 Å². The molecule has 2 aliphatic heterocycles. The molecular formula is C29H25F4N4O2+. The summed E-state index contributed by atoms with van der Waals surface area (Å²) >= 11 is 0. The zero-order valence-electron chi connectivity index (χ0n) is 20.7. The van der Waals surface area contributed by atoms with E-state index < -0.39 is 34.7 Å². The van der Waals surface area contributed by atoms with Crippen molar-refractivity contribution in [2.24, 2.45) is 0 Å². The third-order valence-electron chi connectivity index (χ3n) is 7.54. The molecule has 0 spiro atoms. The average Bonchev–Trinajstić information content (AvgIpc) is 3.48. The highest BCUT2D eigenvalue weighted by molar-refractivity contribution is 5.78. The molecule has 6 rings (SSSR count). The summed E-state index contributed by atoms with van der Waals surface area (Å²) in [5.41, 5.74) is 0.742. The average molecular weight is 538 g/mol. The van der Waals surface area contributed by atoms with Gasteiger partial charge in [0.1, 0.15) is 41.0 Å². The van der Waals surface area contributed by atoms with Gasteiger partial charge in [0.15, 0.2) is 0 Å². The van der Waals surface area contributed by atoms with Crippen LogP contribution in [0.25, 0.3) is 0 Å². The number of hydrogen-bond acceptors (Lipinski definition) is 3. The fourth-order valence-corrected chi connectivity index (χ4v) is 5.90. The molecule has 2 aliphatic rings. The van der Waals surface area contributed by atoms with E-state index in [1.807, 2.05) is 35.6 Å². The molecule has 2 fully saturated rings. The first kappa shape index (κ1) is 25.1. The Hall–Kier alpha value is -4.18. The third kappa shape index (κ3) is 4.65. The van der Waals surface area contributed by atoms with Gasteiger partial charge < -0.3 is 20.0 Å². The van der Waals surface area contributed by atoms with E-state index in [4.69, 9.17) is 4.42 Å². The van der Waals surface area contributed by atoms with Gasteiger partial charge in [0.25, 0.3) is 0 Å². The van der Waals surface area contributed by atoms with E-state index in [1.54, 1.807) is 4.90 Å². The molecule has 4 aromatic rings. The molecule has 0 bridgehead atoms. The molecule has 1 aromatic heterocycles. The second-order valence-electron chi connectivity index (χ2n) is 10.1. The van der Waals surface area contributed by atoms with Crippen molar-refractivity contribution >= 4 is 6.03 Å². The summed E-state index contributed by atoms with van der Waals surface area (Å²) in [7, 11) is 0. The van der Waals surface area contributed by atoms with Gasteiger partial charge in [-0.05, 0) is 41.0 Å². The van der Waals surface area contributed by atoms with E-state index in [0.29, 0.717) is 30.9 Å². The lowest BCUT2D eigenvalue weighted by molar-refractivity contribution is -0.674. The van der Waals surface area contributed by atoms with Crippen molar-refractivity contribution in [3.63, 3.8) is 0 Å². The Balaban J connectivity index is 1.42. The standard InChI is InChI=1S/C29H24F4N4O2/c30-20-6-18(7-21(31)11-20)8-24-15-39-27(35-24)29(19-9-22(32)12-23(33)10-19)16-34-13-25-26(29)36-28(38)37(25)14-17-4-2-1-3-5-17/h1-7,9-12,15,25-26,34H,8,13-14,16H2,(H,36,38)/p+1. The Kier molecular flexibility index (Phi) is 6.34. The maximum Gasteiger partial charge on any atom is 0.318 e.